The van der Waals surface area contributed by atoms with Gasteiger partial charge in [-0.05, 0) is 37.1 Å². The summed E-state index contributed by atoms with van der Waals surface area (Å²) in [6.45, 7) is 15.4. The van der Waals surface area contributed by atoms with E-state index in [0.717, 1.165) is 26.2 Å². The van der Waals surface area contributed by atoms with Crippen LogP contribution in [0.3, 0.4) is 0 Å². The number of nitrogens with zero attached hydrogens (tertiary/aromatic N) is 1. The molecule has 0 aliphatic heterocycles. The number of hydrogen-bond donors (Lipinski definition) is 1. The molecule has 0 radical (unpaired) electrons. The molecule has 1 aromatic rings. The van der Waals surface area contributed by atoms with Gasteiger partial charge in [-0.3, -0.25) is 4.90 Å². The minimum atomic E-state index is 0.573. The summed E-state index contributed by atoms with van der Waals surface area (Å²) in [5, 5.41) is 3.48. The molecule has 18 heavy (non-hydrogen) atoms. The lowest BCUT2D eigenvalue weighted by molar-refractivity contribution is 0.275. The average molecular weight is 248 g/mol. The molecule has 0 bridgehead atoms. The van der Waals surface area contributed by atoms with Crippen LogP contribution in [0.1, 0.15) is 37.5 Å². The fraction of sp³-hybridized carbons (Fsp3) is 0.625. The Labute approximate surface area is 112 Å². The zero-order valence-corrected chi connectivity index (χ0v) is 12.6. The van der Waals surface area contributed by atoms with Gasteiger partial charge < -0.3 is 5.32 Å². The molecule has 0 unspecified atom stereocenters. The fourth-order valence-electron chi connectivity index (χ4n) is 2.18. The van der Waals surface area contributed by atoms with Crippen LogP contribution in [-0.4, -0.2) is 30.6 Å². The highest BCUT2D eigenvalue weighted by atomic mass is 15.1. The molecule has 1 rings (SSSR count). The van der Waals surface area contributed by atoms with Gasteiger partial charge in [0.2, 0.25) is 0 Å². The van der Waals surface area contributed by atoms with Gasteiger partial charge in [-0.1, -0.05) is 39.0 Å². The van der Waals surface area contributed by atoms with E-state index in [2.05, 4.69) is 63.0 Å². The Balaban J connectivity index is 2.57. The number of aryl methyl sites for hydroxylation is 2. The molecular formula is C16H28N2. The second-order valence-corrected chi connectivity index (χ2v) is 5.35. The maximum absolute atomic E-state index is 3.48. The van der Waals surface area contributed by atoms with Gasteiger partial charge in [-0.2, -0.15) is 0 Å². The highest BCUT2D eigenvalue weighted by Gasteiger charge is 2.08. The fourth-order valence-corrected chi connectivity index (χ4v) is 2.18. The van der Waals surface area contributed by atoms with Gasteiger partial charge in [0, 0.05) is 25.7 Å². The maximum Gasteiger partial charge on any atom is 0.0239 e. The SMILES string of the molecule is CCN(CCNC(C)C)Cc1c(C)cccc1C. The van der Waals surface area contributed by atoms with Crippen molar-refractivity contribution < 1.29 is 0 Å². The summed E-state index contributed by atoms with van der Waals surface area (Å²) in [7, 11) is 0. The van der Waals surface area contributed by atoms with Crippen LogP contribution in [0.2, 0.25) is 0 Å². The van der Waals surface area contributed by atoms with Crippen molar-refractivity contribution in [2.45, 2.75) is 47.2 Å². The lowest BCUT2D eigenvalue weighted by atomic mass is 10.0. The minimum Gasteiger partial charge on any atom is -0.313 e. The van der Waals surface area contributed by atoms with Crippen LogP contribution < -0.4 is 5.32 Å². The summed E-state index contributed by atoms with van der Waals surface area (Å²) >= 11 is 0. The summed E-state index contributed by atoms with van der Waals surface area (Å²) in [5.74, 6) is 0. The van der Waals surface area contributed by atoms with Gasteiger partial charge in [0.05, 0.1) is 0 Å². The molecule has 0 spiro atoms. The maximum atomic E-state index is 3.48. The smallest absolute Gasteiger partial charge is 0.0239 e. The first-order valence-corrected chi connectivity index (χ1v) is 7.05. The van der Waals surface area contributed by atoms with Crippen molar-refractivity contribution in [2.75, 3.05) is 19.6 Å². The van der Waals surface area contributed by atoms with Gasteiger partial charge >= 0.3 is 0 Å². The first-order chi connectivity index (χ1) is 8.54. The van der Waals surface area contributed by atoms with Crippen molar-refractivity contribution in [1.29, 1.82) is 0 Å². The van der Waals surface area contributed by atoms with Gasteiger partial charge in [0.15, 0.2) is 0 Å². The van der Waals surface area contributed by atoms with Crippen LogP contribution in [0.15, 0.2) is 18.2 Å². The molecule has 0 aromatic heterocycles. The van der Waals surface area contributed by atoms with Crippen molar-refractivity contribution >= 4 is 0 Å². The van der Waals surface area contributed by atoms with E-state index < -0.39 is 0 Å². The topological polar surface area (TPSA) is 15.3 Å². The van der Waals surface area contributed by atoms with E-state index in [-0.39, 0.29) is 0 Å². The highest BCUT2D eigenvalue weighted by Crippen LogP contribution is 2.15. The van der Waals surface area contributed by atoms with Crippen molar-refractivity contribution in [2.24, 2.45) is 0 Å². The summed E-state index contributed by atoms with van der Waals surface area (Å²) in [6, 6.07) is 7.14. The Morgan fingerprint density at radius 3 is 2.28 bits per heavy atom. The normalized spacial score (nSPS) is 11.5. The largest absolute Gasteiger partial charge is 0.313 e. The third-order valence-corrected chi connectivity index (χ3v) is 3.45. The summed E-state index contributed by atoms with van der Waals surface area (Å²) in [6.07, 6.45) is 0. The van der Waals surface area contributed by atoms with E-state index >= 15 is 0 Å². The van der Waals surface area contributed by atoms with Crippen LogP contribution >= 0.6 is 0 Å². The van der Waals surface area contributed by atoms with E-state index in [1.165, 1.54) is 16.7 Å². The average Bonchev–Trinajstić information content (AvgIpc) is 2.31. The zero-order valence-electron chi connectivity index (χ0n) is 12.6. The molecule has 1 aromatic carbocycles. The molecule has 1 N–H and O–H groups in total. The van der Waals surface area contributed by atoms with Crippen LogP contribution in [0.4, 0.5) is 0 Å². The monoisotopic (exact) mass is 248 g/mol. The van der Waals surface area contributed by atoms with Crippen molar-refractivity contribution in [3.8, 4) is 0 Å². The van der Waals surface area contributed by atoms with Crippen molar-refractivity contribution in [1.82, 2.24) is 10.2 Å². The minimum absolute atomic E-state index is 0.573. The van der Waals surface area contributed by atoms with Gasteiger partial charge in [0.1, 0.15) is 0 Å². The zero-order chi connectivity index (χ0) is 13.5. The van der Waals surface area contributed by atoms with E-state index in [0.29, 0.717) is 6.04 Å². The van der Waals surface area contributed by atoms with E-state index in [1.54, 1.807) is 0 Å². The van der Waals surface area contributed by atoms with Crippen LogP contribution in [0.25, 0.3) is 0 Å². The molecule has 2 heteroatoms. The molecule has 0 aliphatic rings. The number of likely N-dealkylation sites (N-methyl/N-ethyl adjacent to an activating group) is 1. The Morgan fingerprint density at radius 2 is 1.78 bits per heavy atom. The Bertz CT molecular complexity index is 338. The molecular weight excluding hydrogens is 220 g/mol. The third-order valence-electron chi connectivity index (χ3n) is 3.45. The molecule has 0 saturated heterocycles. The highest BCUT2D eigenvalue weighted by molar-refractivity contribution is 5.33. The van der Waals surface area contributed by atoms with Crippen molar-refractivity contribution in [3.05, 3.63) is 34.9 Å². The lowest BCUT2D eigenvalue weighted by Crippen LogP contribution is -2.34. The van der Waals surface area contributed by atoms with Gasteiger partial charge in [-0.25, -0.2) is 0 Å². The first-order valence-electron chi connectivity index (χ1n) is 7.05. The van der Waals surface area contributed by atoms with Gasteiger partial charge in [-0.15, -0.1) is 0 Å². The quantitative estimate of drug-likeness (QED) is 0.797. The summed E-state index contributed by atoms with van der Waals surface area (Å²) in [4.78, 5) is 2.50. The summed E-state index contributed by atoms with van der Waals surface area (Å²) in [5.41, 5.74) is 4.31. The third kappa shape index (κ3) is 4.79. The Morgan fingerprint density at radius 1 is 1.17 bits per heavy atom. The van der Waals surface area contributed by atoms with E-state index in [1.807, 2.05) is 0 Å². The Hall–Kier alpha value is -0.860. The van der Waals surface area contributed by atoms with Crippen LogP contribution in [0, 0.1) is 13.8 Å². The molecule has 0 amide bonds. The van der Waals surface area contributed by atoms with Crippen LogP contribution in [0.5, 0.6) is 0 Å². The van der Waals surface area contributed by atoms with Crippen molar-refractivity contribution in [3.63, 3.8) is 0 Å². The number of rotatable bonds is 7. The molecule has 0 atom stereocenters. The number of nitrogens with one attached hydrogen (secondary N) is 1. The molecule has 0 saturated carbocycles. The first kappa shape index (κ1) is 15.2. The number of hydrogen-bond acceptors (Lipinski definition) is 2. The van der Waals surface area contributed by atoms with E-state index in [9.17, 15) is 0 Å². The van der Waals surface area contributed by atoms with Crippen LogP contribution in [-0.2, 0) is 6.54 Å². The van der Waals surface area contributed by atoms with Gasteiger partial charge in [0.25, 0.3) is 0 Å². The second-order valence-electron chi connectivity index (χ2n) is 5.35. The Kier molecular flexibility index (Phi) is 6.37. The molecule has 0 aliphatic carbocycles. The second kappa shape index (κ2) is 7.55. The molecule has 102 valence electrons. The van der Waals surface area contributed by atoms with E-state index in [4.69, 9.17) is 0 Å². The standard InChI is InChI=1S/C16H28N2/c1-6-18(11-10-17-13(2)3)12-16-14(4)8-7-9-15(16)5/h7-9,13,17H,6,10-12H2,1-5H3. The molecule has 0 fully saturated rings. The summed E-state index contributed by atoms with van der Waals surface area (Å²) < 4.78 is 0. The predicted octanol–water partition coefficient (Wildman–Crippen LogP) is 3.12. The lowest BCUT2D eigenvalue weighted by Gasteiger charge is -2.23. The molecule has 0 heterocycles. The molecule has 2 nitrogen and oxygen atoms in total. The predicted molar refractivity (Wildman–Crippen MR) is 80.0 cm³/mol. The number of benzene rings is 1.